The summed E-state index contributed by atoms with van der Waals surface area (Å²) in [5.74, 6) is 0.551. The quantitative estimate of drug-likeness (QED) is 0.559. The van der Waals surface area contributed by atoms with E-state index in [1.165, 1.54) is 4.90 Å². The second-order valence-electron chi connectivity index (χ2n) is 8.32. The molecule has 1 aliphatic rings. The Balaban J connectivity index is 2.73. The lowest BCUT2D eigenvalue weighted by Gasteiger charge is -2.35. The van der Waals surface area contributed by atoms with Gasteiger partial charge in [0.25, 0.3) is 0 Å². The first-order valence-electron chi connectivity index (χ1n) is 9.77. The minimum absolute atomic E-state index is 0.0562. The Bertz CT molecular complexity index is 528. The molecule has 1 heterocycles. The first-order valence-corrected chi connectivity index (χ1v) is 9.77. The minimum Gasteiger partial charge on any atom is -0.444 e. The minimum atomic E-state index is -0.505. The van der Waals surface area contributed by atoms with E-state index in [1.54, 1.807) is 19.0 Å². The summed E-state index contributed by atoms with van der Waals surface area (Å²) in [5.41, 5.74) is -0.505. The van der Waals surface area contributed by atoms with E-state index in [9.17, 15) is 9.59 Å². The van der Waals surface area contributed by atoms with Gasteiger partial charge in [-0.3, -0.25) is 4.79 Å². The van der Waals surface area contributed by atoms with Crippen molar-refractivity contribution in [3.05, 3.63) is 0 Å². The fraction of sp³-hybridized carbons (Fsp3) is 0.842. The number of rotatable bonds is 5. The zero-order valence-electron chi connectivity index (χ0n) is 18.0. The SMILES string of the molecule is CCC(C)NC(=NCC(=O)N(C)C)NC1CCCN(C(=O)OC(C)(C)C)C1. The number of aliphatic imine (C=N–C) groups is 1. The number of hydrogen-bond donors (Lipinski definition) is 2. The van der Waals surface area contributed by atoms with Gasteiger partial charge in [-0.1, -0.05) is 6.92 Å². The van der Waals surface area contributed by atoms with Gasteiger partial charge < -0.3 is 25.2 Å². The number of carbonyl (C=O) groups excluding carboxylic acids is 2. The second-order valence-corrected chi connectivity index (χ2v) is 8.32. The molecule has 8 heteroatoms. The Morgan fingerprint density at radius 1 is 1.33 bits per heavy atom. The molecule has 0 radical (unpaired) electrons. The third-order valence-electron chi connectivity index (χ3n) is 4.28. The van der Waals surface area contributed by atoms with Gasteiger partial charge in [0.15, 0.2) is 5.96 Å². The summed E-state index contributed by atoms with van der Waals surface area (Å²) in [5, 5.41) is 6.71. The number of likely N-dealkylation sites (N-methyl/N-ethyl adjacent to an activating group) is 1. The number of hydrogen-bond acceptors (Lipinski definition) is 4. The van der Waals surface area contributed by atoms with Crippen LogP contribution in [0.1, 0.15) is 53.9 Å². The van der Waals surface area contributed by atoms with E-state index in [4.69, 9.17) is 4.74 Å². The predicted octanol–water partition coefficient (Wildman–Crippen LogP) is 1.81. The topological polar surface area (TPSA) is 86.3 Å². The van der Waals surface area contributed by atoms with E-state index >= 15 is 0 Å². The van der Waals surface area contributed by atoms with Crippen molar-refractivity contribution in [1.29, 1.82) is 0 Å². The molecule has 0 aromatic rings. The van der Waals surface area contributed by atoms with E-state index in [0.29, 0.717) is 19.0 Å². The van der Waals surface area contributed by atoms with Crippen LogP contribution in [0.15, 0.2) is 4.99 Å². The molecule has 0 bridgehead atoms. The molecule has 2 unspecified atom stereocenters. The highest BCUT2D eigenvalue weighted by molar-refractivity contribution is 5.85. The van der Waals surface area contributed by atoms with Crippen LogP contribution in [0.4, 0.5) is 4.79 Å². The van der Waals surface area contributed by atoms with Crippen LogP contribution in [0.5, 0.6) is 0 Å². The van der Waals surface area contributed by atoms with Crippen LogP contribution >= 0.6 is 0 Å². The summed E-state index contributed by atoms with van der Waals surface area (Å²) in [7, 11) is 3.43. The zero-order valence-corrected chi connectivity index (χ0v) is 18.0. The number of likely N-dealkylation sites (tertiary alicyclic amines) is 1. The molecular weight excluding hydrogens is 346 g/mol. The van der Waals surface area contributed by atoms with Gasteiger partial charge in [-0.05, 0) is 47.0 Å². The predicted molar refractivity (Wildman–Crippen MR) is 108 cm³/mol. The summed E-state index contributed by atoms with van der Waals surface area (Å²) in [6.07, 6.45) is 2.48. The maximum atomic E-state index is 12.3. The Morgan fingerprint density at radius 3 is 2.56 bits per heavy atom. The van der Waals surface area contributed by atoms with Crippen molar-refractivity contribution < 1.29 is 14.3 Å². The first-order chi connectivity index (χ1) is 12.5. The molecular formula is C19H37N5O3. The molecule has 1 aliphatic heterocycles. The van der Waals surface area contributed by atoms with Crippen molar-refractivity contribution in [2.24, 2.45) is 4.99 Å². The van der Waals surface area contributed by atoms with Crippen LogP contribution in [-0.4, -0.2) is 79.2 Å². The molecule has 156 valence electrons. The molecule has 8 nitrogen and oxygen atoms in total. The molecule has 2 amide bonds. The van der Waals surface area contributed by atoms with Crippen molar-refractivity contribution in [3.63, 3.8) is 0 Å². The van der Waals surface area contributed by atoms with Gasteiger partial charge in [-0.25, -0.2) is 9.79 Å². The van der Waals surface area contributed by atoms with E-state index in [0.717, 1.165) is 19.3 Å². The highest BCUT2D eigenvalue weighted by atomic mass is 16.6. The standard InChI is InChI=1S/C19H37N5O3/c1-8-14(2)21-17(20-12-16(25)23(6)7)22-15-10-9-11-24(13-15)18(26)27-19(3,4)5/h14-15H,8-13H2,1-7H3,(H2,20,21,22). The number of guanidine groups is 1. The molecule has 0 saturated carbocycles. The molecule has 27 heavy (non-hydrogen) atoms. The fourth-order valence-electron chi connectivity index (χ4n) is 2.54. The van der Waals surface area contributed by atoms with Crippen LogP contribution in [0.2, 0.25) is 0 Å². The van der Waals surface area contributed by atoms with Crippen molar-refractivity contribution >= 4 is 18.0 Å². The molecule has 2 N–H and O–H groups in total. The summed E-state index contributed by atoms with van der Waals surface area (Å²) < 4.78 is 5.48. The fourth-order valence-corrected chi connectivity index (χ4v) is 2.54. The highest BCUT2D eigenvalue weighted by Gasteiger charge is 2.28. The van der Waals surface area contributed by atoms with Gasteiger partial charge >= 0.3 is 6.09 Å². The Kier molecular flexibility index (Phi) is 8.85. The number of ether oxygens (including phenoxy) is 1. The van der Waals surface area contributed by atoms with Crippen LogP contribution in [0.25, 0.3) is 0 Å². The van der Waals surface area contributed by atoms with Gasteiger partial charge in [0, 0.05) is 39.3 Å². The molecule has 0 aromatic heterocycles. The van der Waals surface area contributed by atoms with E-state index < -0.39 is 5.60 Å². The largest absolute Gasteiger partial charge is 0.444 e. The highest BCUT2D eigenvalue weighted by Crippen LogP contribution is 2.15. The van der Waals surface area contributed by atoms with E-state index in [-0.39, 0.29) is 30.6 Å². The van der Waals surface area contributed by atoms with Gasteiger partial charge in [0.05, 0.1) is 0 Å². The molecule has 2 atom stereocenters. The Hall–Kier alpha value is -1.99. The third kappa shape index (κ3) is 8.97. The average molecular weight is 384 g/mol. The van der Waals surface area contributed by atoms with Crippen molar-refractivity contribution in [2.45, 2.75) is 71.6 Å². The van der Waals surface area contributed by atoms with Crippen molar-refractivity contribution in [3.8, 4) is 0 Å². The van der Waals surface area contributed by atoms with Gasteiger partial charge in [0.2, 0.25) is 5.91 Å². The van der Waals surface area contributed by atoms with Crippen molar-refractivity contribution in [1.82, 2.24) is 20.4 Å². The Morgan fingerprint density at radius 2 is 2.00 bits per heavy atom. The zero-order chi connectivity index (χ0) is 20.6. The lowest BCUT2D eigenvalue weighted by atomic mass is 10.1. The van der Waals surface area contributed by atoms with Crippen molar-refractivity contribution in [2.75, 3.05) is 33.7 Å². The van der Waals surface area contributed by atoms with Crippen LogP contribution < -0.4 is 10.6 Å². The Labute approximate surface area is 163 Å². The van der Waals surface area contributed by atoms with Gasteiger partial charge in [-0.2, -0.15) is 0 Å². The normalized spacial score (nSPS) is 19.3. The lowest BCUT2D eigenvalue weighted by molar-refractivity contribution is -0.127. The van der Waals surface area contributed by atoms with E-state index in [2.05, 4.69) is 29.5 Å². The first kappa shape index (κ1) is 23.0. The maximum Gasteiger partial charge on any atom is 0.410 e. The smallest absolute Gasteiger partial charge is 0.410 e. The summed E-state index contributed by atoms with van der Waals surface area (Å²) in [4.78, 5) is 31.9. The molecule has 1 rings (SSSR count). The number of piperidine rings is 1. The number of amides is 2. The summed E-state index contributed by atoms with van der Waals surface area (Å²) in [6, 6.07) is 0.298. The maximum absolute atomic E-state index is 12.3. The number of carbonyl (C=O) groups is 2. The molecule has 0 aliphatic carbocycles. The third-order valence-corrected chi connectivity index (χ3v) is 4.28. The van der Waals surface area contributed by atoms with Gasteiger partial charge in [0.1, 0.15) is 12.1 Å². The monoisotopic (exact) mass is 383 g/mol. The molecule has 0 aromatic carbocycles. The average Bonchev–Trinajstić information content (AvgIpc) is 2.57. The molecule has 1 fully saturated rings. The van der Waals surface area contributed by atoms with Crippen LogP contribution in [-0.2, 0) is 9.53 Å². The lowest BCUT2D eigenvalue weighted by Crippen LogP contribution is -2.54. The summed E-state index contributed by atoms with van der Waals surface area (Å²) >= 11 is 0. The summed E-state index contributed by atoms with van der Waals surface area (Å²) in [6.45, 7) is 11.1. The molecule has 1 saturated heterocycles. The van der Waals surface area contributed by atoms with Crippen LogP contribution in [0, 0.1) is 0 Å². The number of nitrogens with zero attached hydrogens (tertiary/aromatic N) is 3. The van der Waals surface area contributed by atoms with E-state index in [1.807, 2.05) is 20.8 Å². The molecule has 0 spiro atoms. The second kappa shape index (κ2) is 10.4. The van der Waals surface area contributed by atoms with Crippen LogP contribution in [0.3, 0.4) is 0 Å². The van der Waals surface area contributed by atoms with Gasteiger partial charge in [-0.15, -0.1) is 0 Å². The number of nitrogens with one attached hydrogen (secondary N) is 2.